The van der Waals surface area contributed by atoms with E-state index in [1.807, 2.05) is 42.5 Å². The van der Waals surface area contributed by atoms with Gasteiger partial charge in [-0.2, -0.15) is 0 Å². The second kappa shape index (κ2) is 9.92. The van der Waals surface area contributed by atoms with Crippen LogP contribution in [0.1, 0.15) is 24.1 Å². The summed E-state index contributed by atoms with van der Waals surface area (Å²) in [7, 11) is 0. The number of aliphatic carboxylic acids is 1. The predicted molar refractivity (Wildman–Crippen MR) is 92.1 cm³/mol. The minimum atomic E-state index is -0.868. The lowest BCUT2D eigenvalue weighted by Crippen LogP contribution is -2.35. The molecule has 2 rings (SSSR count). The fourth-order valence-electron chi connectivity index (χ4n) is 2.03. The average molecular weight is 343 g/mol. The van der Waals surface area contributed by atoms with E-state index in [9.17, 15) is 9.59 Å². The zero-order valence-electron chi connectivity index (χ0n) is 13.8. The molecule has 1 aromatic heterocycles. The number of hydrogen-bond donors (Lipinski definition) is 3. The Hall–Kier alpha value is -3.09. The van der Waals surface area contributed by atoms with Gasteiger partial charge in [-0.05, 0) is 36.2 Å². The number of benzene rings is 1. The first-order valence-corrected chi connectivity index (χ1v) is 7.98. The van der Waals surface area contributed by atoms with Crippen molar-refractivity contribution in [2.75, 3.05) is 6.54 Å². The van der Waals surface area contributed by atoms with Gasteiger partial charge in [0, 0.05) is 25.7 Å². The SMILES string of the molecule is O=C(O)CCCNC(=O)NCc1ccc(OCc2ccccn2)cc1. The fraction of sp³-hybridized carbons (Fsp3) is 0.278. The monoisotopic (exact) mass is 343 g/mol. The van der Waals surface area contributed by atoms with Crippen molar-refractivity contribution in [2.24, 2.45) is 0 Å². The second-order valence-corrected chi connectivity index (χ2v) is 5.36. The van der Waals surface area contributed by atoms with Gasteiger partial charge in [-0.25, -0.2) is 4.79 Å². The van der Waals surface area contributed by atoms with Crippen molar-refractivity contribution < 1.29 is 19.4 Å². The summed E-state index contributed by atoms with van der Waals surface area (Å²) < 4.78 is 5.65. The number of carbonyl (C=O) groups is 2. The van der Waals surface area contributed by atoms with Crippen LogP contribution in [-0.4, -0.2) is 28.6 Å². The molecule has 0 unspecified atom stereocenters. The molecule has 0 aliphatic rings. The van der Waals surface area contributed by atoms with Gasteiger partial charge in [0.25, 0.3) is 0 Å². The Morgan fingerprint density at radius 3 is 2.56 bits per heavy atom. The number of hydrogen-bond acceptors (Lipinski definition) is 4. The third-order valence-corrected chi connectivity index (χ3v) is 3.34. The van der Waals surface area contributed by atoms with E-state index in [1.54, 1.807) is 6.20 Å². The van der Waals surface area contributed by atoms with Crippen LogP contribution < -0.4 is 15.4 Å². The molecule has 7 nitrogen and oxygen atoms in total. The van der Waals surface area contributed by atoms with E-state index in [-0.39, 0.29) is 12.5 Å². The number of ether oxygens (including phenoxy) is 1. The highest BCUT2D eigenvalue weighted by molar-refractivity contribution is 5.73. The highest BCUT2D eigenvalue weighted by atomic mass is 16.5. The van der Waals surface area contributed by atoms with Gasteiger partial charge in [0.05, 0.1) is 5.69 Å². The molecule has 0 fully saturated rings. The molecule has 0 saturated heterocycles. The van der Waals surface area contributed by atoms with Crippen molar-refractivity contribution in [1.29, 1.82) is 0 Å². The molecule has 1 heterocycles. The molecule has 25 heavy (non-hydrogen) atoms. The van der Waals surface area contributed by atoms with Crippen LogP contribution in [0.4, 0.5) is 4.79 Å². The van der Waals surface area contributed by atoms with Crippen LogP contribution >= 0.6 is 0 Å². The van der Waals surface area contributed by atoms with Crippen molar-refractivity contribution in [2.45, 2.75) is 26.0 Å². The van der Waals surface area contributed by atoms with E-state index in [1.165, 1.54) is 0 Å². The van der Waals surface area contributed by atoms with Gasteiger partial charge in [-0.15, -0.1) is 0 Å². The lowest BCUT2D eigenvalue weighted by molar-refractivity contribution is -0.137. The maximum absolute atomic E-state index is 11.6. The van der Waals surface area contributed by atoms with Gasteiger partial charge in [-0.3, -0.25) is 9.78 Å². The number of amides is 2. The molecule has 0 bridgehead atoms. The third-order valence-electron chi connectivity index (χ3n) is 3.34. The molecule has 7 heteroatoms. The summed E-state index contributed by atoms with van der Waals surface area (Å²) in [5.41, 5.74) is 1.79. The van der Waals surface area contributed by atoms with Crippen molar-refractivity contribution in [3.63, 3.8) is 0 Å². The van der Waals surface area contributed by atoms with Crippen LogP contribution in [0.3, 0.4) is 0 Å². The quantitative estimate of drug-likeness (QED) is 0.607. The number of aromatic nitrogens is 1. The van der Waals surface area contributed by atoms with Crippen molar-refractivity contribution in [3.8, 4) is 5.75 Å². The first-order valence-electron chi connectivity index (χ1n) is 7.98. The Morgan fingerprint density at radius 1 is 1.08 bits per heavy atom. The molecule has 0 saturated carbocycles. The first kappa shape index (κ1) is 18.3. The number of urea groups is 1. The summed E-state index contributed by atoms with van der Waals surface area (Å²) >= 11 is 0. The van der Waals surface area contributed by atoms with Gasteiger partial charge >= 0.3 is 12.0 Å². The lowest BCUT2D eigenvalue weighted by atomic mass is 10.2. The Labute approximate surface area is 146 Å². The molecular weight excluding hydrogens is 322 g/mol. The molecule has 0 aliphatic carbocycles. The molecule has 0 atom stereocenters. The molecule has 0 spiro atoms. The van der Waals surface area contributed by atoms with Gasteiger partial charge < -0.3 is 20.5 Å². The minimum absolute atomic E-state index is 0.0419. The molecule has 3 N–H and O–H groups in total. The van der Waals surface area contributed by atoms with Crippen molar-refractivity contribution in [1.82, 2.24) is 15.6 Å². The largest absolute Gasteiger partial charge is 0.487 e. The summed E-state index contributed by atoms with van der Waals surface area (Å²) in [6.07, 6.45) is 2.17. The Morgan fingerprint density at radius 2 is 1.88 bits per heavy atom. The van der Waals surface area contributed by atoms with Gasteiger partial charge in [0.2, 0.25) is 0 Å². The smallest absolute Gasteiger partial charge is 0.315 e. The zero-order chi connectivity index (χ0) is 17.9. The normalized spacial score (nSPS) is 10.1. The highest BCUT2D eigenvalue weighted by Crippen LogP contribution is 2.13. The van der Waals surface area contributed by atoms with Gasteiger partial charge in [-0.1, -0.05) is 18.2 Å². The number of carbonyl (C=O) groups excluding carboxylic acids is 1. The summed E-state index contributed by atoms with van der Waals surface area (Å²) in [6.45, 7) is 1.11. The maximum Gasteiger partial charge on any atom is 0.315 e. The fourth-order valence-corrected chi connectivity index (χ4v) is 2.03. The number of carboxylic acid groups (broad SMARTS) is 1. The van der Waals surface area contributed by atoms with Gasteiger partial charge in [0.15, 0.2) is 0 Å². The lowest BCUT2D eigenvalue weighted by Gasteiger charge is -2.09. The molecule has 2 aromatic rings. The Balaban J connectivity index is 1.67. The number of rotatable bonds is 9. The molecule has 0 radical (unpaired) electrons. The maximum atomic E-state index is 11.6. The van der Waals surface area contributed by atoms with Gasteiger partial charge in [0.1, 0.15) is 12.4 Å². The first-order chi connectivity index (χ1) is 12.1. The Bertz CT molecular complexity index is 674. The average Bonchev–Trinajstić information content (AvgIpc) is 2.63. The summed E-state index contributed by atoms with van der Waals surface area (Å²) in [5, 5.41) is 13.8. The zero-order valence-corrected chi connectivity index (χ0v) is 13.8. The summed E-state index contributed by atoms with van der Waals surface area (Å²) in [5.74, 6) is -0.139. The standard InChI is InChI=1S/C18H21N3O4/c22-17(23)5-3-11-20-18(24)21-12-14-6-8-16(9-7-14)25-13-15-4-1-2-10-19-15/h1-2,4,6-10H,3,5,11-13H2,(H,22,23)(H2,20,21,24). The third kappa shape index (κ3) is 7.34. The number of nitrogens with zero attached hydrogens (tertiary/aromatic N) is 1. The van der Waals surface area contributed by atoms with Crippen LogP contribution in [-0.2, 0) is 17.9 Å². The Kier molecular flexibility index (Phi) is 7.24. The van der Waals surface area contributed by atoms with E-state index in [0.717, 1.165) is 17.0 Å². The van der Waals surface area contributed by atoms with E-state index in [2.05, 4.69) is 15.6 Å². The van der Waals surface area contributed by atoms with Crippen LogP contribution in [0.5, 0.6) is 5.75 Å². The number of pyridine rings is 1. The number of carboxylic acids is 1. The van der Waals surface area contributed by atoms with E-state index >= 15 is 0 Å². The molecule has 132 valence electrons. The molecule has 0 aliphatic heterocycles. The van der Waals surface area contributed by atoms with Crippen molar-refractivity contribution in [3.05, 3.63) is 59.9 Å². The van der Waals surface area contributed by atoms with E-state index < -0.39 is 5.97 Å². The second-order valence-electron chi connectivity index (χ2n) is 5.36. The van der Waals surface area contributed by atoms with E-state index in [4.69, 9.17) is 9.84 Å². The van der Waals surface area contributed by atoms with Crippen LogP contribution in [0.2, 0.25) is 0 Å². The minimum Gasteiger partial charge on any atom is -0.487 e. The van der Waals surface area contributed by atoms with Crippen LogP contribution in [0.15, 0.2) is 48.7 Å². The summed E-state index contributed by atoms with van der Waals surface area (Å²) in [4.78, 5) is 26.1. The topological polar surface area (TPSA) is 101 Å². The van der Waals surface area contributed by atoms with Crippen LogP contribution in [0.25, 0.3) is 0 Å². The highest BCUT2D eigenvalue weighted by Gasteiger charge is 2.02. The van der Waals surface area contributed by atoms with Crippen molar-refractivity contribution >= 4 is 12.0 Å². The van der Waals surface area contributed by atoms with E-state index in [0.29, 0.717) is 26.1 Å². The molecular formula is C18H21N3O4. The van der Waals surface area contributed by atoms with Crippen LogP contribution in [0, 0.1) is 0 Å². The number of nitrogens with one attached hydrogen (secondary N) is 2. The predicted octanol–water partition coefficient (Wildman–Crippen LogP) is 2.32. The summed E-state index contributed by atoms with van der Waals surface area (Å²) in [6, 6.07) is 12.8. The molecule has 2 amide bonds. The molecule has 1 aromatic carbocycles.